The van der Waals surface area contributed by atoms with Crippen LogP contribution in [0.5, 0.6) is 0 Å². The molecule has 2 rings (SSSR count). The third kappa shape index (κ3) is 3.78. The number of aromatic nitrogens is 3. The molecule has 0 radical (unpaired) electrons. The van der Waals surface area contributed by atoms with Crippen molar-refractivity contribution in [3.63, 3.8) is 0 Å². The molecular weight excluding hydrogens is 258 g/mol. The molecule has 2 aromatic heterocycles. The number of hydrogen-bond donors (Lipinski definition) is 2. The Morgan fingerprint density at radius 2 is 2.25 bits per heavy atom. The fraction of sp³-hybridized carbons (Fsp3) is 0.385. The van der Waals surface area contributed by atoms with E-state index in [1.54, 1.807) is 18.3 Å². The van der Waals surface area contributed by atoms with Gasteiger partial charge in [-0.15, -0.1) is 0 Å². The van der Waals surface area contributed by atoms with Crippen molar-refractivity contribution in [2.45, 2.75) is 19.8 Å². The van der Waals surface area contributed by atoms with Gasteiger partial charge in [0.1, 0.15) is 5.82 Å². The molecule has 0 bridgehead atoms. The molecule has 0 aliphatic heterocycles. The second-order valence-corrected chi connectivity index (χ2v) is 4.17. The molecule has 0 atom stereocenters. The number of nitrogens with zero attached hydrogens (tertiary/aromatic N) is 3. The average molecular weight is 275 g/mol. The fourth-order valence-electron chi connectivity index (χ4n) is 1.66. The predicted molar refractivity (Wildman–Crippen MR) is 73.4 cm³/mol. The SMILES string of the molecule is CCCNc1ncccc1C(=O)NCCc1ncno1. The first-order valence-corrected chi connectivity index (χ1v) is 6.54. The molecular formula is C13H17N5O2. The molecule has 106 valence electrons. The highest BCUT2D eigenvalue weighted by molar-refractivity contribution is 5.98. The van der Waals surface area contributed by atoms with Crippen molar-refractivity contribution in [2.24, 2.45) is 0 Å². The van der Waals surface area contributed by atoms with Crippen LogP contribution in [0, 0.1) is 0 Å². The van der Waals surface area contributed by atoms with E-state index in [0.29, 0.717) is 30.2 Å². The van der Waals surface area contributed by atoms with Gasteiger partial charge in [0.15, 0.2) is 6.33 Å². The maximum atomic E-state index is 12.1. The molecule has 0 aliphatic carbocycles. The first kappa shape index (κ1) is 14.0. The number of amides is 1. The van der Waals surface area contributed by atoms with Gasteiger partial charge in [-0.05, 0) is 18.6 Å². The zero-order valence-corrected chi connectivity index (χ0v) is 11.3. The monoisotopic (exact) mass is 275 g/mol. The number of anilines is 1. The van der Waals surface area contributed by atoms with Crippen LogP contribution >= 0.6 is 0 Å². The molecule has 1 amide bonds. The van der Waals surface area contributed by atoms with Gasteiger partial charge in [-0.2, -0.15) is 4.98 Å². The Morgan fingerprint density at radius 3 is 3.00 bits per heavy atom. The summed E-state index contributed by atoms with van der Waals surface area (Å²) in [5.41, 5.74) is 0.534. The van der Waals surface area contributed by atoms with Crippen molar-refractivity contribution in [1.29, 1.82) is 0 Å². The molecule has 7 heteroatoms. The molecule has 0 spiro atoms. The van der Waals surface area contributed by atoms with Gasteiger partial charge in [-0.1, -0.05) is 12.1 Å². The summed E-state index contributed by atoms with van der Waals surface area (Å²) in [4.78, 5) is 20.2. The lowest BCUT2D eigenvalue weighted by Gasteiger charge is -2.09. The minimum atomic E-state index is -0.170. The van der Waals surface area contributed by atoms with E-state index in [1.807, 2.05) is 0 Å². The zero-order chi connectivity index (χ0) is 14.2. The molecule has 0 saturated heterocycles. The minimum Gasteiger partial charge on any atom is -0.369 e. The van der Waals surface area contributed by atoms with Gasteiger partial charge in [-0.25, -0.2) is 4.98 Å². The van der Waals surface area contributed by atoms with E-state index in [1.165, 1.54) is 6.33 Å². The largest absolute Gasteiger partial charge is 0.369 e. The second kappa shape index (κ2) is 7.22. The molecule has 0 aromatic carbocycles. The lowest BCUT2D eigenvalue weighted by atomic mass is 10.2. The second-order valence-electron chi connectivity index (χ2n) is 4.17. The van der Waals surface area contributed by atoms with Gasteiger partial charge in [0.05, 0.1) is 5.56 Å². The van der Waals surface area contributed by atoms with E-state index < -0.39 is 0 Å². The number of hydrogen-bond acceptors (Lipinski definition) is 6. The zero-order valence-electron chi connectivity index (χ0n) is 11.3. The molecule has 0 unspecified atom stereocenters. The van der Waals surface area contributed by atoms with Crippen molar-refractivity contribution in [2.75, 3.05) is 18.4 Å². The third-order valence-corrected chi connectivity index (χ3v) is 2.63. The molecule has 2 N–H and O–H groups in total. The van der Waals surface area contributed by atoms with Crippen molar-refractivity contribution in [1.82, 2.24) is 20.4 Å². The van der Waals surface area contributed by atoms with E-state index in [2.05, 4.69) is 32.7 Å². The minimum absolute atomic E-state index is 0.170. The molecule has 7 nitrogen and oxygen atoms in total. The highest BCUT2D eigenvalue weighted by Gasteiger charge is 2.11. The van der Waals surface area contributed by atoms with Crippen molar-refractivity contribution < 1.29 is 9.32 Å². The van der Waals surface area contributed by atoms with Crippen LogP contribution in [0.1, 0.15) is 29.6 Å². The Bertz CT molecular complexity index is 541. The third-order valence-electron chi connectivity index (χ3n) is 2.63. The molecule has 2 heterocycles. The standard InChI is InChI=1S/C13H17N5O2/c1-2-6-14-12-10(4-3-7-15-12)13(19)16-8-5-11-17-9-18-20-11/h3-4,7,9H,2,5-6,8H2,1H3,(H,14,15)(H,16,19). The van der Waals surface area contributed by atoms with Gasteiger partial charge in [0, 0.05) is 25.7 Å². The predicted octanol–water partition coefficient (Wildman–Crippen LogP) is 1.26. The number of rotatable bonds is 7. The summed E-state index contributed by atoms with van der Waals surface area (Å²) in [7, 11) is 0. The van der Waals surface area contributed by atoms with Crippen LogP contribution in [0.3, 0.4) is 0 Å². The highest BCUT2D eigenvalue weighted by atomic mass is 16.5. The summed E-state index contributed by atoms with van der Waals surface area (Å²) in [6.07, 6.45) is 4.47. The van der Waals surface area contributed by atoms with Gasteiger partial charge in [-0.3, -0.25) is 4.79 Å². The summed E-state index contributed by atoms with van der Waals surface area (Å²) in [6.45, 7) is 3.27. The van der Waals surface area contributed by atoms with Crippen LogP contribution in [-0.4, -0.2) is 34.1 Å². The van der Waals surface area contributed by atoms with Gasteiger partial charge in [0.25, 0.3) is 5.91 Å². The van der Waals surface area contributed by atoms with E-state index >= 15 is 0 Å². The van der Waals surface area contributed by atoms with Crippen molar-refractivity contribution in [3.05, 3.63) is 36.1 Å². The molecule has 2 aromatic rings. The molecule has 0 saturated carbocycles. The summed E-state index contributed by atoms with van der Waals surface area (Å²) in [5.74, 6) is 0.932. The highest BCUT2D eigenvalue weighted by Crippen LogP contribution is 2.11. The van der Waals surface area contributed by atoms with Crippen LogP contribution < -0.4 is 10.6 Å². The van der Waals surface area contributed by atoms with E-state index in [-0.39, 0.29) is 5.91 Å². The summed E-state index contributed by atoms with van der Waals surface area (Å²) in [5, 5.41) is 9.45. The van der Waals surface area contributed by atoms with Crippen molar-refractivity contribution in [3.8, 4) is 0 Å². The Balaban J connectivity index is 1.91. The van der Waals surface area contributed by atoms with Gasteiger partial charge < -0.3 is 15.2 Å². The Morgan fingerprint density at radius 1 is 1.35 bits per heavy atom. The van der Waals surface area contributed by atoms with Crippen molar-refractivity contribution >= 4 is 11.7 Å². The smallest absolute Gasteiger partial charge is 0.255 e. The average Bonchev–Trinajstić information content (AvgIpc) is 2.98. The first-order chi connectivity index (χ1) is 9.81. The van der Waals surface area contributed by atoms with Crippen LogP contribution in [-0.2, 0) is 6.42 Å². The summed E-state index contributed by atoms with van der Waals surface area (Å²) >= 11 is 0. The molecule has 0 aliphatic rings. The summed E-state index contributed by atoms with van der Waals surface area (Å²) in [6, 6.07) is 3.48. The Hall–Kier alpha value is -2.44. The molecule has 0 fully saturated rings. The van der Waals surface area contributed by atoms with Crippen LogP contribution in [0.25, 0.3) is 0 Å². The number of carbonyl (C=O) groups excluding carboxylic acids is 1. The van der Waals surface area contributed by atoms with Gasteiger partial charge in [0.2, 0.25) is 5.89 Å². The van der Waals surface area contributed by atoms with E-state index in [4.69, 9.17) is 4.52 Å². The lowest BCUT2D eigenvalue weighted by Crippen LogP contribution is -2.27. The summed E-state index contributed by atoms with van der Waals surface area (Å²) < 4.78 is 4.86. The van der Waals surface area contributed by atoms with Crippen LogP contribution in [0.2, 0.25) is 0 Å². The Labute approximate surface area is 116 Å². The number of carbonyl (C=O) groups is 1. The van der Waals surface area contributed by atoms with E-state index in [9.17, 15) is 4.79 Å². The maximum Gasteiger partial charge on any atom is 0.255 e. The quantitative estimate of drug-likeness (QED) is 0.790. The van der Waals surface area contributed by atoms with Crippen LogP contribution in [0.15, 0.2) is 29.2 Å². The maximum absolute atomic E-state index is 12.1. The molecule has 20 heavy (non-hydrogen) atoms. The first-order valence-electron chi connectivity index (χ1n) is 6.54. The lowest BCUT2D eigenvalue weighted by molar-refractivity contribution is 0.0954. The fourth-order valence-corrected chi connectivity index (χ4v) is 1.66. The Kier molecular flexibility index (Phi) is 5.05. The number of pyridine rings is 1. The van der Waals surface area contributed by atoms with E-state index in [0.717, 1.165) is 13.0 Å². The van der Waals surface area contributed by atoms with Gasteiger partial charge >= 0.3 is 0 Å². The van der Waals surface area contributed by atoms with Crippen LogP contribution in [0.4, 0.5) is 5.82 Å². The normalized spacial score (nSPS) is 10.2. The number of nitrogens with one attached hydrogen (secondary N) is 2. The topological polar surface area (TPSA) is 92.9 Å².